The lowest BCUT2D eigenvalue weighted by atomic mass is 9.99. The first-order valence-corrected chi connectivity index (χ1v) is 14.6. The Balaban J connectivity index is 1.42. The monoisotopic (exact) mass is 533 g/mol. The predicted molar refractivity (Wildman–Crippen MR) is 157 cm³/mol. The zero-order valence-corrected chi connectivity index (χ0v) is 23.8. The molecule has 0 amide bonds. The van der Waals surface area contributed by atoms with E-state index in [1.807, 2.05) is 19.1 Å². The molecule has 3 heterocycles. The van der Waals surface area contributed by atoms with Crippen LogP contribution in [0.1, 0.15) is 49.9 Å². The maximum absolute atomic E-state index is 10.7. The highest BCUT2D eigenvalue weighted by atomic mass is 16.5. The number of fused-ring (bicyclic) bond motifs is 2. The van der Waals surface area contributed by atoms with Crippen LogP contribution in [-0.2, 0) is 17.7 Å². The molecule has 1 N–H and O–H groups in total. The van der Waals surface area contributed by atoms with Gasteiger partial charge in [-0.3, -0.25) is 4.90 Å². The van der Waals surface area contributed by atoms with Crippen LogP contribution in [0.4, 0.5) is 11.5 Å². The molecular weight excluding hydrogens is 490 g/mol. The van der Waals surface area contributed by atoms with Gasteiger partial charge < -0.3 is 24.4 Å². The molecule has 2 aliphatic rings. The van der Waals surface area contributed by atoms with E-state index in [1.165, 1.54) is 5.56 Å². The quantitative estimate of drug-likeness (QED) is 0.348. The maximum atomic E-state index is 10.7. The van der Waals surface area contributed by atoms with Crippen LogP contribution < -0.4 is 14.5 Å². The molecule has 2 aromatic carbocycles. The Bertz CT molecular complexity index is 1250. The smallest absolute Gasteiger partial charge is 0.318 e. The zero-order valence-electron chi connectivity index (χ0n) is 23.8. The van der Waals surface area contributed by atoms with Crippen LogP contribution in [0.15, 0.2) is 30.3 Å². The number of aromatic hydroxyl groups is 1. The fourth-order valence-electron chi connectivity index (χ4n) is 5.87. The summed E-state index contributed by atoms with van der Waals surface area (Å²) in [5.74, 6) is 1.36. The van der Waals surface area contributed by atoms with Crippen molar-refractivity contribution in [1.29, 1.82) is 0 Å². The van der Waals surface area contributed by atoms with Gasteiger partial charge in [-0.1, -0.05) is 38.1 Å². The van der Waals surface area contributed by atoms with Crippen molar-refractivity contribution in [3.63, 3.8) is 0 Å². The van der Waals surface area contributed by atoms with E-state index in [9.17, 15) is 5.11 Å². The van der Waals surface area contributed by atoms with Gasteiger partial charge in [-0.2, -0.15) is 9.97 Å². The van der Waals surface area contributed by atoms with Gasteiger partial charge in [0, 0.05) is 55.8 Å². The number of anilines is 2. The number of aromatic nitrogens is 2. The summed E-state index contributed by atoms with van der Waals surface area (Å²) in [5.41, 5.74) is 4.25. The van der Waals surface area contributed by atoms with E-state index in [-0.39, 0.29) is 0 Å². The van der Waals surface area contributed by atoms with Gasteiger partial charge in [-0.25, -0.2) is 0 Å². The highest BCUT2D eigenvalue weighted by Crippen LogP contribution is 2.39. The Labute approximate surface area is 232 Å². The number of hydrogen-bond donors (Lipinski definition) is 1. The Morgan fingerprint density at radius 3 is 2.59 bits per heavy atom. The number of benzene rings is 2. The van der Waals surface area contributed by atoms with Crippen LogP contribution in [0.3, 0.4) is 0 Å². The van der Waals surface area contributed by atoms with Crippen LogP contribution in [0.5, 0.6) is 11.8 Å². The first-order chi connectivity index (χ1) is 19.1. The molecule has 1 fully saturated rings. The second-order valence-corrected chi connectivity index (χ2v) is 10.7. The zero-order chi connectivity index (χ0) is 27.2. The van der Waals surface area contributed by atoms with E-state index in [0.29, 0.717) is 24.9 Å². The van der Waals surface area contributed by atoms with Gasteiger partial charge in [0.2, 0.25) is 0 Å². The van der Waals surface area contributed by atoms with Gasteiger partial charge in [0.05, 0.1) is 37.7 Å². The largest absolute Gasteiger partial charge is 0.508 e. The third-order valence-corrected chi connectivity index (χ3v) is 7.83. The average molecular weight is 534 g/mol. The van der Waals surface area contributed by atoms with Crippen molar-refractivity contribution < 1.29 is 14.6 Å². The number of phenolic OH excluding ortho intramolecular Hbond substituents is 1. The number of morpholine rings is 1. The van der Waals surface area contributed by atoms with E-state index in [0.717, 1.165) is 112 Å². The SMILES string of the molecule is CCCN(CCC)c1nc(OCCCN2CCOCC2)nc2c1CCN(c1c(C)c(O)cc3ccccc13)C2. The van der Waals surface area contributed by atoms with Gasteiger partial charge in [0.15, 0.2) is 0 Å². The molecule has 2 aliphatic heterocycles. The lowest BCUT2D eigenvalue weighted by molar-refractivity contribution is 0.0356. The van der Waals surface area contributed by atoms with E-state index < -0.39 is 0 Å². The van der Waals surface area contributed by atoms with Gasteiger partial charge in [-0.15, -0.1) is 0 Å². The Kier molecular flexibility index (Phi) is 9.04. The predicted octanol–water partition coefficient (Wildman–Crippen LogP) is 4.93. The van der Waals surface area contributed by atoms with Gasteiger partial charge in [0.1, 0.15) is 11.6 Å². The number of nitrogens with zero attached hydrogens (tertiary/aromatic N) is 5. The van der Waals surface area contributed by atoms with Gasteiger partial charge in [0.25, 0.3) is 0 Å². The van der Waals surface area contributed by atoms with E-state index in [4.69, 9.17) is 19.4 Å². The highest BCUT2D eigenvalue weighted by Gasteiger charge is 2.27. The van der Waals surface area contributed by atoms with E-state index in [1.54, 1.807) is 0 Å². The highest BCUT2D eigenvalue weighted by molar-refractivity contribution is 5.97. The second kappa shape index (κ2) is 12.8. The van der Waals surface area contributed by atoms with E-state index >= 15 is 0 Å². The molecule has 0 radical (unpaired) electrons. The Hall–Kier alpha value is -3.10. The molecule has 1 aromatic heterocycles. The van der Waals surface area contributed by atoms with Crippen molar-refractivity contribution in [1.82, 2.24) is 14.9 Å². The topological polar surface area (TPSA) is 74.2 Å². The van der Waals surface area contributed by atoms with Crippen LogP contribution >= 0.6 is 0 Å². The van der Waals surface area contributed by atoms with Crippen molar-refractivity contribution in [3.05, 3.63) is 47.2 Å². The molecule has 0 spiro atoms. The van der Waals surface area contributed by atoms with Crippen molar-refractivity contribution in [2.75, 3.05) is 68.9 Å². The summed E-state index contributed by atoms with van der Waals surface area (Å²) < 4.78 is 11.7. The molecule has 0 aliphatic carbocycles. The number of ether oxygens (including phenoxy) is 2. The first-order valence-electron chi connectivity index (χ1n) is 14.6. The number of phenols is 1. The lowest BCUT2D eigenvalue weighted by Crippen LogP contribution is -2.37. The number of hydrogen-bond acceptors (Lipinski definition) is 8. The van der Waals surface area contributed by atoms with Gasteiger partial charge in [-0.05, 0) is 44.1 Å². The van der Waals surface area contributed by atoms with Crippen LogP contribution in [-0.4, -0.2) is 79.1 Å². The summed E-state index contributed by atoms with van der Waals surface area (Å²) >= 11 is 0. The lowest BCUT2D eigenvalue weighted by Gasteiger charge is -2.35. The summed E-state index contributed by atoms with van der Waals surface area (Å²) in [6.07, 6.45) is 3.92. The van der Waals surface area contributed by atoms with Crippen molar-refractivity contribution >= 4 is 22.3 Å². The summed E-state index contributed by atoms with van der Waals surface area (Å²) in [5, 5.41) is 12.9. The number of rotatable bonds is 11. The normalized spacial score (nSPS) is 15.9. The van der Waals surface area contributed by atoms with E-state index in [2.05, 4.69) is 46.7 Å². The molecule has 210 valence electrons. The molecule has 0 atom stereocenters. The molecule has 1 saturated heterocycles. The van der Waals surface area contributed by atoms with Crippen LogP contribution in [0, 0.1) is 6.92 Å². The van der Waals surface area contributed by atoms with Crippen molar-refractivity contribution in [2.24, 2.45) is 0 Å². The molecule has 0 bridgehead atoms. The minimum absolute atomic E-state index is 0.333. The summed E-state index contributed by atoms with van der Waals surface area (Å²) in [4.78, 5) is 17.2. The molecule has 8 heteroatoms. The molecular formula is C31H43N5O3. The molecule has 39 heavy (non-hydrogen) atoms. The molecule has 3 aromatic rings. The minimum Gasteiger partial charge on any atom is -0.508 e. The third kappa shape index (κ3) is 6.23. The summed E-state index contributed by atoms with van der Waals surface area (Å²) in [6, 6.07) is 10.6. The average Bonchev–Trinajstić information content (AvgIpc) is 2.96. The molecule has 0 saturated carbocycles. The van der Waals surface area contributed by atoms with Gasteiger partial charge >= 0.3 is 6.01 Å². The molecule has 5 rings (SSSR count). The Morgan fingerprint density at radius 2 is 1.82 bits per heavy atom. The molecule has 8 nitrogen and oxygen atoms in total. The Morgan fingerprint density at radius 1 is 1.05 bits per heavy atom. The second-order valence-electron chi connectivity index (χ2n) is 10.7. The summed E-state index contributed by atoms with van der Waals surface area (Å²) in [6.45, 7) is 15.1. The van der Waals surface area contributed by atoms with Crippen LogP contribution in [0.25, 0.3) is 10.8 Å². The van der Waals surface area contributed by atoms with Crippen molar-refractivity contribution in [3.8, 4) is 11.8 Å². The summed E-state index contributed by atoms with van der Waals surface area (Å²) in [7, 11) is 0. The maximum Gasteiger partial charge on any atom is 0.318 e. The fourth-order valence-corrected chi connectivity index (χ4v) is 5.87. The third-order valence-electron chi connectivity index (χ3n) is 7.83. The molecule has 0 unspecified atom stereocenters. The van der Waals surface area contributed by atoms with Crippen LogP contribution in [0.2, 0.25) is 0 Å². The first kappa shape index (κ1) is 27.5. The fraction of sp³-hybridized carbons (Fsp3) is 0.548. The standard InChI is InChI=1S/C31H43N5O3/c1-4-12-35(13-5-2)30-26-11-15-36(29-23(3)28(37)21-24-9-6-7-10-25(24)29)22-27(26)32-31(33-30)39-18-8-14-34-16-19-38-20-17-34/h6-7,9-10,21,37H,4-5,8,11-20,22H2,1-3H3. The minimum atomic E-state index is 0.333. The van der Waals surface area contributed by atoms with Crippen molar-refractivity contribution in [2.45, 2.75) is 53.0 Å².